The molecule has 0 unspecified atom stereocenters. The fraction of sp³-hybridized carbons (Fsp3) is 0.200. The monoisotopic (exact) mass is 499 g/mol. The van der Waals surface area contributed by atoms with Gasteiger partial charge in [0.15, 0.2) is 11.5 Å². The number of amides is 2. The van der Waals surface area contributed by atoms with E-state index in [1.807, 2.05) is 6.92 Å². The number of imide groups is 1. The molecule has 0 atom stereocenters. The molecule has 3 rings (SSSR count). The van der Waals surface area contributed by atoms with Gasteiger partial charge in [0, 0.05) is 10.6 Å². The number of ether oxygens (including phenoxy) is 2. The quantitative estimate of drug-likeness (QED) is 0.463. The van der Waals surface area contributed by atoms with Crippen LogP contribution in [0.4, 0.5) is 9.18 Å². The minimum atomic E-state index is -0.569. The van der Waals surface area contributed by atoms with Crippen molar-refractivity contribution >= 4 is 56.5 Å². The highest BCUT2D eigenvalue weighted by atomic mass is 79.9. The Balaban J connectivity index is 1.89. The third-order valence-electron chi connectivity index (χ3n) is 4.09. The van der Waals surface area contributed by atoms with Crippen molar-refractivity contribution in [3.05, 3.63) is 61.7 Å². The predicted molar refractivity (Wildman–Crippen MR) is 115 cm³/mol. The Hall–Kier alpha value is -2.03. The van der Waals surface area contributed by atoms with E-state index in [4.69, 9.17) is 21.1 Å². The maximum absolute atomic E-state index is 14.0. The van der Waals surface area contributed by atoms with Crippen LogP contribution in [-0.2, 0) is 11.3 Å². The summed E-state index contributed by atoms with van der Waals surface area (Å²) >= 11 is 10.2. The highest BCUT2D eigenvalue weighted by Gasteiger charge is 2.36. The molecule has 29 heavy (non-hydrogen) atoms. The topological polar surface area (TPSA) is 55.8 Å². The van der Waals surface area contributed by atoms with Crippen LogP contribution in [0.2, 0.25) is 5.02 Å². The number of rotatable bonds is 6. The molecule has 152 valence electrons. The predicted octanol–water partition coefficient (Wildman–Crippen LogP) is 5.89. The van der Waals surface area contributed by atoms with E-state index in [1.54, 1.807) is 18.2 Å². The molecule has 5 nitrogen and oxygen atoms in total. The van der Waals surface area contributed by atoms with Gasteiger partial charge in [-0.1, -0.05) is 17.7 Å². The van der Waals surface area contributed by atoms with E-state index in [0.29, 0.717) is 28.1 Å². The summed E-state index contributed by atoms with van der Waals surface area (Å²) in [5, 5.41) is -0.328. The standard InChI is InChI=1S/C20H16BrClFNO4S/c1-3-28-18-13(21)7-11(8-16(18)27-2)9-17-19(25)24(20(26)29-17)10-12-14(22)5-4-6-15(12)23/h4-9H,3,10H2,1-2H3/b17-9-. The Morgan fingerprint density at radius 3 is 2.72 bits per heavy atom. The Bertz CT molecular complexity index is 994. The molecule has 0 spiro atoms. The highest BCUT2D eigenvalue weighted by Crippen LogP contribution is 2.39. The van der Waals surface area contributed by atoms with Gasteiger partial charge in [-0.05, 0) is 70.5 Å². The number of hydrogen-bond donors (Lipinski definition) is 0. The zero-order valence-corrected chi connectivity index (χ0v) is 18.7. The van der Waals surface area contributed by atoms with Gasteiger partial charge in [-0.2, -0.15) is 0 Å². The number of carbonyl (C=O) groups excluding carboxylic acids is 2. The fourth-order valence-corrected chi connectivity index (χ4v) is 4.37. The summed E-state index contributed by atoms with van der Waals surface area (Å²) in [6.07, 6.45) is 1.58. The Morgan fingerprint density at radius 2 is 2.07 bits per heavy atom. The first kappa shape index (κ1) is 21.7. The maximum Gasteiger partial charge on any atom is 0.293 e. The zero-order chi connectivity index (χ0) is 21.1. The molecule has 1 heterocycles. The number of methoxy groups -OCH3 is 1. The Morgan fingerprint density at radius 1 is 1.31 bits per heavy atom. The smallest absolute Gasteiger partial charge is 0.293 e. The first-order chi connectivity index (χ1) is 13.8. The minimum absolute atomic E-state index is 0.100. The summed E-state index contributed by atoms with van der Waals surface area (Å²) in [5.41, 5.74) is 0.745. The number of thioether (sulfide) groups is 1. The Labute approximate surface area is 184 Å². The summed E-state index contributed by atoms with van der Waals surface area (Å²) in [4.78, 5) is 26.3. The first-order valence-electron chi connectivity index (χ1n) is 8.54. The molecular formula is C20H16BrClFNO4S. The second-order valence-electron chi connectivity index (χ2n) is 5.94. The lowest BCUT2D eigenvalue weighted by molar-refractivity contribution is -0.123. The Kier molecular flexibility index (Phi) is 6.87. The van der Waals surface area contributed by atoms with Crippen LogP contribution in [-0.4, -0.2) is 29.8 Å². The van der Waals surface area contributed by atoms with Crippen molar-refractivity contribution in [2.75, 3.05) is 13.7 Å². The van der Waals surface area contributed by atoms with Crippen molar-refractivity contribution in [1.82, 2.24) is 4.90 Å². The van der Waals surface area contributed by atoms with Crippen LogP contribution < -0.4 is 9.47 Å². The van der Waals surface area contributed by atoms with Gasteiger partial charge >= 0.3 is 0 Å². The first-order valence-corrected chi connectivity index (χ1v) is 10.5. The van der Waals surface area contributed by atoms with E-state index < -0.39 is 17.0 Å². The number of benzene rings is 2. The molecule has 1 fully saturated rings. The van der Waals surface area contributed by atoms with E-state index >= 15 is 0 Å². The van der Waals surface area contributed by atoms with Crippen molar-refractivity contribution in [1.29, 1.82) is 0 Å². The van der Waals surface area contributed by atoms with Crippen LogP contribution in [0.5, 0.6) is 11.5 Å². The van der Waals surface area contributed by atoms with Gasteiger partial charge in [-0.15, -0.1) is 0 Å². The molecule has 0 aliphatic carbocycles. The molecule has 2 aromatic rings. The number of carbonyl (C=O) groups is 2. The molecule has 0 aromatic heterocycles. The van der Waals surface area contributed by atoms with Crippen LogP contribution in [0, 0.1) is 5.82 Å². The third-order valence-corrected chi connectivity index (χ3v) is 5.94. The normalized spacial score (nSPS) is 15.3. The maximum atomic E-state index is 14.0. The van der Waals surface area contributed by atoms with Crippen molar-refractivity contribution < 1.29 is 23.5 Å². The van der Waals surface area contributed by atoms with Crippen LogP contribution in [0.1, 0.15) is 18.1 Å². The molecule has 1 aliphatic rings. The lowest BCUT2D eigenvalue weighted by Crippen LogP contribution is -2.28. The number of nitrogens with zero attached hydrogens (tertiary/aromatic N) is 1. The van der Waals surface area contributed by atoms with Crippen LogP contribution in [0.25, 0.3) is 6.08 Å². The summed E-state index contributed by atoms with van der Waals surface area (Å²) < 4.78 is 25.6. The molecule has 9 heteroatoms. The third kappa shape index (κ3) is 4.60. The van der Waals surface area contributed by atoms with E-state index in [0.717, 1.165) is 16.7 Å². The fourth-order valence-electron chi connectivity index (χ4n) is 2.74. The minimum Gasteiger partial charge on any atom is -0.493 e. The summed E-state index contributed by atoms with van der Waals surface area (Å²) in [5.74, 6) is -0.0386. The van der Waals surface area contributed by atoms with Gasteiger partial charge in [-0.25, -0.2) is 4.39 Å². The largest absolute Gasteiger partial charge is 0.493 e. The average molecular weight is 501 g/mol. The number of halogens is 3. The van der Waals surface area contributed by atoms with Gasteiger partial charge in [0.1, 0.15) is 5.82 Å². The highest BCUT2D eigenvalue weighted by molar-refractivity contribution is 9.10. The lowest BCUT2D eigenvalue weighted by Gasteiger charge is -2.14. The summed E-state index contributed by atoms with van der Waals surface area (Å²) in [7, 11) is 1.51. The van der Waals surface area contributed by atoms with E-state index in [1.165, 1.54) is 25.3 Å². The van der Waals surface area contributed by atoms with E-state index in [9.17, 15) is 14.0 Å². The van der Waals surface area contributed by atoms with E-state index in [2.05, 4.69) is 15.9 Å². The van der Waals surface area contributed by atoms with Gasteiger partial charge in [0.25, 0.3) is 11.1 Å². The average Bonchev–Trinajstić information content (AvgIpc) is 2.93. The van der Waals surface area contributed by atoms with Crippen LogP contribution in [0.3, 0.4) is 0 Å². The van der Waals surface area contributed by atoms with Gasteiger partial charge in [0.05, 0.1) is 29.6 Å². The number of hydrogen-bond acceptors (Lipinski definition) is 5. The van der Waals surface area contributed by atoms with Crippen molar-refractivity contribution in [3.8, 4) is 11.5 Å². The van der Waals surface area contributed by atoms with Crippen molar-refractivity contribution in [2.24, 2.45) is 0 Å². The molecule has 1 saturated heterocycles. The molecule has 2 amide bonds. The van der Waals surface area contributed by atoms with Crippen LogP contribution in [0.15, 0.2) is 39.7 Å². The van der Waals surface area contributed by atoms with Gasteiger partial charge in [0.2, 0.25) is 0 Å². The lowest BCUT2D eigenvalue weighted by atomic mass is 10.1. The SMILES string of the molecule is CCOc1c(Br)cc(/C=C2\SC(=O)N(Cc3c(F)cccc3Cl)C2=O)cc1OC. The molecular weight excluding hydrogens is 485 g/mol. The molecule has 2 aromatic carbocycles. The molecule has 0 N–H and O–H groups in total. The summed E-state index contributed by atoms with van der Waals surface area (Å²) in [6.45, 7) is 2.09. The second-order valence-corrected chi connectivity index (χ2v) is 8.19. The second kappa shape index (κ2) is 9.19. The molecule has 0 bridgehead atoms. The zero-order valence-electron chi connectivity index (χ0n) is 15.5. The summed E-state index contributed by atoms with van der Waals surface area (Å²) in [6, 6.07) is 7.68. The molecule has 1 aliphatic heterocycles. The van der Waals surface area contributed by atoms with Crippen molar-refractivity contribution in [3.63, 3.8) is 0 Å². The molecule has 0 saturated carbocycles. The molecule has 0 radical (unpaired) electrons. The van der Waals surface area contributed by atoms with Crippen molar-refractivity contribution in [2.45, 2.75) is 13.5 Å². The van der Waals surface area contributed by atoms with Gasteiger partial charge in [-0.3, -0.25) is 14.5 Å². The van der Waals surface area contributed by atoms with Gasteiger partial charge < -0.3 is 9.47 Å². The van der Waals surface area contributed by atoms with Crippen LogP contribution >= 0.6 is 39.3 Å². The van der Waals surface area contributed by atoms with E-state index in [-0.39, 0.29) is 22.0 Å².